The third-order valence-electron chi connectivity index (χ3n) is 1.29. The minimum atomic E-state index is -0.192. The van der Waals surface area contributed by atoms with E-state index in [2.05, 4.69) is 0 Å². The van der Waals surface area contributed by atoms with E-state index >= 15 is 0 Å². The monoisotopic (exact) mass is 138 g/mol. The van der Waals surface area contributed by atoms with E-state index in [1.807, 2.05) is 0 Å². The fourth-order valence-electron chi connectivity index (χ4n) is 0.706. The average molecular weight is 138 g/mol. The van der Waals surface area contributed by atoms with Crippen LogP contribution in [0.5, 0.6) is 11.6 Å². The fraction of sp³-hybridized carbons (Fsp3) is 0.167. The zero-order chi connectivity index (χ0) is 7.72. The first-order valence-corrected chi connectivity index (χ1v) is 2.64. The highest BCUT2D eigenvalue weighted by Gasteiger charge is 2.08. The van der Waals surface area contributed by atoms with E-state index in [4.69, 9.17) is 15.5 Å². The van der Waals surface area contributed by atoms with Gasteiger partial charge in [-0.15, -0.1) is 0 Å². The Labute approximate surface area is 57.6 Å². The molecule has 0 aliphatic carbocycles. The molecule has 0 bridgehead atoms. The average Bonchev–Trinajstić information content (AvgIpc) is 2.09. The van der Waals surface area contributed by atoms with E-state index < -0.39 is 0 Å². The third-order valence-corrected chi connectivity index (χ3v) is 1.29. The lowest BCUT2D eigenvalue weighted by atomic mass is 10.4. The van der Waals surface area contributed by atoms with Gasteiger partial charge >= 0.3 is 0 Å². The molecule has 52 valence electrons. The van der Waals surface area contributed by atoms with Gasteiger partial charge in [0.15, 0.2) is 17.3 Å². The Balaban J connectivity index is 3.37. The molecule has 4 heteroatoms. The number of nitrogens with zero attached hydrogens (tertiary/aromatic N) is 2. The molecule has 4 nitrogen and oxygen atoms in total. The molecule has 10 heavy (non-hydrogen) atoms. The van der Waals surface area contributed by atoms with Crippen LogP contribution in [0.25, 0.3) is 0 Å². The molecule has 0 saturated carbocycles. The first-order chi connectivity index (χ1) is 4.66. The predicted molar refractivity (Wildman–Crippen MR) is 33.5 cm³/mol. The Morgan fingerprint density at radius 3 is 2.40 bits per heavy atom. The molecule has 0 aliphatic heterocycles. The highest BCUT2D eigenvalue weighted by molar-refractivity contribution is 5.42. The van der Waals surface area contributed by atoms with E-state index in [1.165, 1.54) is 11.6 Å². The van der Waals surface area contributed by atoms with Crippen molar-refractivity contribution in [3.05, 3.63) is 11.8 Å². The van der Waals surface area contributed by atoms with Crippen LogP contribution in [0, 0.1) is 11.3 Å². The number of aromatic hydroxyl groups is 2. The molecule has 1 aromatic heterocycles. The molecule has 0 amide bonds. The number of hydrogen-bond donors (Lipinski definition) is 2. The molecule has 0 unspecified atom stereocenters. The van der Waals surface area contributed by atoms with Gasteiger partial charge in [0.2, 0.25) is 0 Å². The molecule has 1 rings (SSSR count). The van der Waals surface area contributed by atoms with Crippen molar-refractivity contribution in [2.75, 3.05) is 0 Å². The van der Waals surface area contributed by atoms with Crippen LogP contribution >= 0.6 is 0 Å². The maximum Gasteiger partial charge on any atom is 0.195 e. The quantitative estimate of drug-likeness (QED) is 0.542. The lowest BCUT2D eigenvalue weighted by molar-refractivity contribution is 0.431. The largest absolute Gasteiger partial charge is 0.505 e. The fourth-order valence-corrected chi connectivity index (χ4v) is 0.706. The maximum absolute atomic E-state index is 8.91. The normalized spacial score (nSPS) is 9.20. The Morgan fingerprint density at radius 1 is 1.60 bits per heavy atom. The lowest BCUT2D eigenvalue weighted by Crippen LogP contribution is -1.89. The predicted octanol–water partition coefficient (Wildman–Crippen LogP) is 0.308. The summed E-state index contributed by atoms with van der Waals surface area (Å²) in [5, 5.41) is 26.2. The summed E-state index contributed by atoms with van der Waals surface area (Å²) in [5.74, 6) is -0.309. The molecular weight excluding hydrogens is 132 g/mol. The van der Waals surface area contributed by atoms with Crippen molar-refractivity contribution in [3.63, 3.8) is 0 Å². The minimum Gasteiger partial charge on any atom is -0.505 e. The van der Waals surface area contributed by atoms with Gasteiger partial charge in [0.1, 0.15) is 6.07 Å². The Bertz CT molecular complexity index is 295. The van der Waals surface area contributed by atoms with E-state index in [0.29, 0.717) is 0 Å². The summed E-state index contributed by atoms with van der Waals surface area (Å²) >= 11 is 0. The van der Waals surface area contributed by atoms with Crippen LogP contribution in [0.15, 0.2) is 6.07 Å². The summed E-state index contributed by atoms with van der Waals surface area (Å²) in [6.07, 6.45) is 0. The van der Waals surface area contributed by atoms with E-state index in [0.717, 1.165) is 6.07 Å². The summed E-state index contributed by atoms with van der Waals surface area (Å²) in [5.41, 5.74) is 0.0671. The van der Waals surface area contributed by atoms with Gasteiger partial charge in [-0.05, 0) is 0 Å². The highest BCUT2D eigenvalue weighted by atomic mass is 16.3. The van der Waals surface area contributed by atoms with Crippen molar-refractivity contribution in [3.8, 4) is 17.7 Å². The second-order valence-corrected chi connectivity index (χ2v) is 1.91. The van der Waals surface area contributed by atoms with E-state index in [-0.39, 0.29) is 17.3 Å². The summed E-state index contributed by atoms with van der Waals surface area (Å²) in [7, 11) is 1.49. The minimum absolute atomic E-state index is 0.0671. The van der Waals surface area contributed by atoms with Gasteiger partial charge in [-0.3, -0.25) is 0 Å². The Kier molecular flexibility index (Phi) is 1.27. The smallest absolute Gasteiger partial charge is 0.195 e. The molecule has 0 saturated heterocycles. The number of rotatable bonds is 0. The van der Waals surface area contributed by atoms with Gasteiger partial charge in [-0.2, -0.15) is 5.26 Å². The number of aromatic nitrogens is 1. The molecule has 0 spiro atoms. The molecule has 0 aliphatic rings. The van der Waals surface area contributed by atoms with Crippen molar-refractivity contribution in [2.24, 2.45) is 7.05 Å². The van der Waals surface area contributed by atoms with Gasteiger partial charge in [-0.1, -0.05) is 0 Å². The first-order valence-electron chi connectivity index (χ1n) is 2.64. The van der Waals surface area contributed by atoms with Gasteiger partial charge in [0, 0.05) is 13.1 Å². The Hall–Kier alpha value is -1.63. The molecule has 0 aromatic carbocycles. The van der Waals surface area contributed by atoms with Crippen molar-refractivity contribution < 1.29 is 10.2 Å². The second kappa shape index (κ2) is 1.95. The topological polar surface area (TPSA) is 69.2 Å². The summed E-state index contributed by atoms with van der Waals surface area (Å²) in [6.45, 7) is 0. The van der Waals surface area contributed by atoms with E-state index in [9.17, 15) is 0 Å². The summed E-state index contributed by atoms with van der Waals surface area (Å²) in [4.78, 5) is 0. The van der Waals surface area contributed by atoms with Crippen LogP contribution in [0.3, 0.4) is 0 Å². The summed E-state index contributed by atoms with van der Waals surface area (Å²) < 4.78 is 1.20. The highest BCUT2D eigenvalue weighted by Crippen LogP contribution is 2.24. The molecule has 1 heterocycles. The second-order valence-electron chi connectivity index (χ2n) is 1.91. The van der Waals surface area contributed by atoms with Crippen molar-refractivity contribution in [1.82, 2.24) is 4.57 Å². The van der Waals surface area contributed by atoms with Crippen LogP contribution in [-0.4, -0.2) is 14.8 Å². The van der Waals surface area contributed by atoms with E-state index in [1.54, 1.807) is 6.07 Å². The Morgan fingerprint density at radius 2 is 2.20 bits per heavy atom. The molecular formula is C6H6N2O2. The molecule has 0 radical (unpaired) electrons. The van der Waals surface area contributed by atoms with Gasteiger partial charge in [0.05, 0.1) is 0 Å². The van der Waals surface area contributed by atoms with Crippen LogP contribution in [0.4, 0.5) is 0 Å². The van der Waals surface area contributed by atoms with Crippen molar-refractivity contribution in [1.29, 1.82) is 5.26 Å². The lowest BCUT2D eigenvalue weighted by Gasteiger charge is -1.92. The van der Waals surface area contributed by atoms with Gasteiger partial charge < -0.3 is 14.8 Å². The maximum atomic E-state index is 8.91. The zero-order valence-corrected chi connectivity index (χ0v) is 5.37. The third kappa shape index (κ3) is 0.685. The van der Waals surface area contributed by atoms with Crippen LogP contribution in [-0.2, 0) is 7.05 Å². The van der Waals surface area contributed by atoms with Gasteiger partial charge in [-0.25, -0.2) is 0 Å². The molecule has 1 aromatic rings. The number of nitriles is 1. The first kappa shape index (κ1) is 6.49. The summed E-state index contributed by atoms with van der Waals surface area (Å²) in [6, 6.07) is 2.86. The molecule has 2 N–H and O–H groups in total. The van der Waals surface area contributed by atoms with Crippen molar-refractivity contribution >= 4 is 0 Å². The van der Waals surface area contributed by atoms with Crippen LogP contribution < -0.4 is 0 Å². The van der Waals surface area contributed by atoms with Crippen LogP contribution in [0.1, 0.15) is 5.69 Å². The standard InChI is InChI=1S/C6H6N2O2/c1-8-4(3-7)5(9)2-6(8)10/h2,9-10H,1H3. The number of hydrogen-bond acceptors (Lipinski definition) is 3. The zero-order valence-electron chi connectivity index (χ0n) is 5.37. The SMILES string of the molecule is Cn1c(O)cc(O)c1C#N. The molecule has 0 fully saturated rings. The molecule has 0 atom stereocenters. The van der Waals surface area contributed by atoms with Crippen molar-refractivity contribution in [2.45, 2.75) is 0 Å². The van der Waals surface area contributed by atoms with Gasteiger partial charge in [0.25, 0.3) is 0 Å². The van der Waals surface area contributed by atoms with Crippen LogP contribution in [0.2, 0.25) is 0 Å².